The predicted molar refractivity (Wildman–Crippen MR) is 107 cm³/mol. The monoisotopic (exact) mass is 401 g/mol. The highest BCUT2D eigenvalue weighted by atomic mass is 32.2. The van der Waals surface area contributed by atoms with E-state index in [-0.39, 0.29) is 11.4 Å². The van der Waals surface area contributed by atoms with Gasteiger partial charge in [0.1, 0.15) is 0 Å². The molecule has 0 saturated heterocycles. The van der Waals surface area contributed by atoms with Gasteiger partial charge in [0.15, 0.2) is 11.5 Å². The minimum Gasteiger partial charge on any atom is -0.493 e. The summed E-state index contributed by atoms with van der Waals surface area (Å²) in [5.74, 6) is 0.866. The van der Waals surface area contributed by atoms with Crippen LogP contribution in [0.3, 0.4) is 0 Å². The Bertz CT molecular complexity index is 1050. The van der Waals surface area contributed by atoms with E-state index in [2.05, 4.69) is 9.82 Å². The second-order valence-corrected chi connectivity index (χ2v) is 7.98. The van der Waals surface area contributed by atoms with Crippen molar-refractivity contribution in [1.29, 1.82) is 0 Å². The number of hydrogen-bond donors (Lipinski definition) is 1. The molecule has 1 heterocycles. The number of aromatic nitrogens is 2. The number of rotatable bonds is 8. The maximum Gasteiger partial charge on any atom is 0.240 e. The zero-order chi connectivity index (χ0) is 20.1. The minimum atomic E-state index is -3.68. The highest BCUT2D eigenvalue weighted by Gasteiger charge is 2.20. The molecular formula is C20H23N3O4S. The van der Waals surface area contributed by atoms with Gasteiger partial charge in [-0.1, -0.05) is 18.2 Å². The molecule has 28 heavy (non-hydrogen) atoms. The van der Waals surface area contributed by atoms with Gasteiger partial charge in [-0.2, -0.15) is 5.10 Å². The van der Waals surface area contributed by atoms with Crippen molar-refractivity contribution in [3.8, 4) is 17.2 Å². The molecule has 1 N–H and O–H groups in total. The lowest BCUT2D eigenvalue weighted by atomic mass is 10.2. The molecule has 1 aromatic heterocycles. The molecule has 0 spiro atoms. The lowest BCUT2D eigenvalue weighted by Gasteiger charge is -2.13. The Kier molecular flexibility index (Phi) is 6.01. The summed E-state index contributed by atoms with van der Waals surface area (Å²) in [6, 6.07) is 12.9. The van der Waals surface area contributed by atoms with Crippen LogP contribution < -0.4 is 14.2 Å². The lowest BCUT2D eigenvalue weighted by Crippen LogP contribution is -2.26. The van der Waals surface area contributed by atoms with Gasteiger partial charge >= 0.3 is 0 Å². The Morgan fingerprint density at radius 1 is 1.07 bits per heavy atom. The Hall–Kier alpha value is -2.84. The number of nitrogens with one attached hydrogen (secondary N) is 1. The molecular weight excluding hydrogens is 378 g/mol. The number of para-hydroxylation sites is 1. The predicted octanol–water partition coefficient (Wildman–Crippen LogP) is 2.72. The van der Waals surface area contributed by atoms with Crippen molar-refractivity contribution >= 4 is 10.0 Å². The number of methoxy groups -OCH3 is 2. The summed E-state index contributed by atoms with van der Waals surface area (Å²) in [6.45, 7) is 1.98. The smallest absolute Gasteiger partial charge is 0.240 e. The first kappa shape index (κ1) is 19.9. The summed E-state index contributed by atoms with van der Waals surface area (Å²) >= 11 is 0. The Morgan fingerprint density at radius 2 is 1.75 bits per heavy atom. The molecule has 7 nitrogen and oxygen atoms in total. The van der Waals surface area contributed by atoms with Crippen LogP contribution >= 0.6 is 0 Å². The highest BCUT2D eigenvalue weighted by Crippen LogP contribution is 2.32. The second kappa shape index (κ2) is 8.45. The van der Waals surface area contributed by atoms with Crippen LogP contribution in [0.1, 0.15) is 11.1 Å². The van der Waals surface area contributed by atoms with Crippen molar-refractivity contribution in [2.24, 2.45) is 0 Å². The number of hydrogen-bond acceptors (Lipinski definition) is 5. The molecule has 148 valence electrons. The fraction of sp³-hybridized carbons (Fsp3) is 0.250. The summed E-state index contributed by atoms with van der Waals surface area (Å²) in [7, 11) is -0.690. The van der Waals surface area contributed by atoms with E-state index in [9.17, 15) is 8.42 Å². The molecule has 0 unspecified atom stereocenters. The van der Waals surface area contributed by atoms with Gasteiger partial charge in [0.25, 0.3) is 0 Å². The fourth-order valence-electron chi connectivity index (χ4n) is 2.87. The van der Waals surface area contributed by atoms with Crippen molar-refractivity contribution in [3.05, 3.63) is 66.0 Å². The molecule has 0 bridgehead atoms. The standard InChI is InChI=1S/C20H23N3O4S/c1-15-11-18(26-2)19(27-3)12-20(15)28(24,25)22-10-9-16-13-21-23(14-16)17-7-5-4-6-8-17/h4-8,11-14,22H,9-10H2,1-3H3. The first-order valence-corrected chi connectivity index (χ1v) is 10.2. The zero-order valence-electron chi connectivity index (χ0n) is 16.0. The molecule has 3 aromatic rings. The van der Waals surface area contributed by atoms with Gasteiger partial charge in [0.2, 0.25) is 10.0 Å². The van der Waals surface area contributed by atoms with Crippen LogP contribution in [0, 0.1) is 6.92 Å². The first-order chi connectivity index (χ1) is 13.4. The number of ether oxygens (including phenoxy) is 2. The molecule has 2 aromatic carbocycles. The van der Waals surface area contributed by atoms with Crippen molar-refractivity contribution in [2.75, 3.05) is 20.8 Å². The van der Waals surface area contributed by atoms with Crippen molar-refractivity contribution in [3.63, 3.8) is 0 Å². The van der Waals surface area contributed by atoms with Gasteiger partial charge in [-0.15, -0.1) is 0 Å². The van der Waals surface area contributed by atoms with Gasteiger partial charge < -0.3 is 9.47 Å². The van der Waals surface area contributed by atoms with E-state index in [1.165, 1.54) is 20.3 Å². The maximum atomic E-state index is 12.7. The topological polar surface area (TPSA) is 82.5 Å². The van der Waals surface area contributed by atoms with Crippen LogP contribution in [0.4, 0.5) is 0 Å². The van der Waals surface area contributed by atoms with Crippen molar-refractivity contribution < 1.29 is 17.9 Å². The molecule has 8 heteroatoms. The Labute approximate surface area is 165 Å². The average molecular weight is 401 g/mol. The van der Waals surface area contributed by atoms with Crippen LogP contribution in [0.25, 0.3) is 5.69 Å². The third-order valence-electron chi connectivity index (χ3n) is 4.33. The lowest BCUT2D eigenvalue weighted by molar-refractivity contribution is 0.353. The minimum absolute atomic E-state index is 0.171. The molecule has 0 aliphatic carbocycles. The van der Waals surface area contributed by atoms with Gasteiger partial charge in [-0.05, 0) is 42.7 Å². The van der Waals surface area contributed by atoms with E-state index in [1.54, 1.807) is 23.9 Å². The second-order valence-electron chi connectivity index (χ2n) is 6.25. The summed E-state index contributed by atoms with van der Waals surface area (Å²) in [5.41, 5.74) is 2.48. The van der Waals surface area contributed by atoms with Gasteiger partial charge in [0, 0.05) is 18.8 Å². The number of nitrogens with zero attached hydrogens (tertiary/aromatic N) is 2. The van der Waals surface area contributed by atoms with E-state index >= 15 is 0 Å². The fourth-order valence-corrected chi connectivity index (χ4v) is 4.14. The van der Waals surface area contributed by atoms with Crippen LogP contribution in [-0.4, -0.2) is 39.0 Å². The van der Waals surface area contributed by atoms with E-state index in [0.717, 1.165) is 11.3 Å². The Balaban J connectivity index is 1.68. The first-order valence-electron chi connectivity index (χ1n) is 8.76. The van der Waals surface area contributed by atoms with E-state index in [0.29, 0.717) is 23.5 Å². The molecule has 0 atom stereocenters. The maximum absolute atomic E-state index is 12.7. The normalized spacial score (nSPS) is 11.4. The SMILES string of the molecule is COc1cc(C)c(S(=O)(=O)NCCc2cnn(-c3ccccc3)c2)cc1OC. The number of sulfonamides is 1. The van der Waals surface area contributed by atoms with Gasteiger partial charge in [-0.25, -0.2) is 17.8 Å². The molecule has 0 amide bonds. The third-order valence-corrected chi connectivity index (χ3v) is 5.94. The van der Waals surface area contributed by atoms with E-state index in [4.69, 9.17) is 9.47 Å². The van der Waals surface area contributed by atoms with E-state index in [1.807, 2.05) is 36.5 Å². The molecule has 0 saturated carbocycles. The summed E-state index contributed by atoms with van der Waals surface area (Å²) in [6.07, 6.45) is 4.16. The quantitative estimate of drug-likeness (QED) is 0.628. The Morgan fingerprint density at radius 3 is 2.43 bits per heavy atom. The van der Waals surface area contributed by atoms with E-state index < -0.39 is 10.0 Å². The van der Waals surface area contributed by atoms with Crippen LogP contribution in [0.5, 0.6) is 11.5 Å². The largest absolute Gasteiger partial charge is 0.493 e. The van der Waals surface area contributed by atoms with Crippen LogP contribution in [0.15, 0.2) is 59.8 Å². The third kappa shape index (κ3) is 4.35. The van der Waals surface area contributed by atoms with Gasteiger partial charge in [-0.3, -0.25) is 0 Å². The summed E-state index contributed by atoms with van der Waals surface area (Å²) in [5, 5.41) is 4.32. The molecule has 0 radical (unpaired) electrons. The zero-order valence-corrected chi connectivity index (χ0v) is 16.9. The van der Waals surface area contributed by atoms with Crippen LogP contribution in [0.2, 0.25) is 0 Å². The molecule has 3 rings (SSSR count). The number of aryl methyl sites for hydroxylation is 1. The highest BCUT2D eigenvalue weighted by molar-refractivity contribution is 7.89. The molecule has 0 fully saturated rings. The van der Waals surface area contributed by atoms with Crippen molar-refractivity contribution in [1.82, 2.24) is 14.5 Å². The number of benzene rings is 2. The average Bonchev–Trinajstić information content (AvgIpc) is 3.17. The summed E-state index contributed by atoms with van der Waals surface area (Å²) < 4.78 is 40.3. The molecule has 0 aliphatic heterocycles. The van der Waals surface area contributed by atoms with Gasteiger partial charge in [0.05, 0.1) is 31.0 Å². The molecule has 0 aliphatic rings. The summed E-state index contributed by atoms with van der Waals surface area (Å²) in [4.78, 5) is 0.171. The van der Waals surface area contributed by atoms with Crippen LogP contribution in [-0.2, 0) is 16.4 Å². The van der Waals surface area contributed by atoms with Crippen molar-refractivity contribution in [2.45, 2.75) is 18.2 Å².